The predicted octanol–water partition coefficient (Wildman–Crippen LogP) is 2.68. The average Bonchev–Trinajstić information content (AvgIpc) is 2.78. The molecule has 1 aliphatic heterocycles. The van der Waals surface area contributed by atoms with Crippen LogP contribution >= 0.6 is 0 Å². The van der Waals surface area contributed by atoms with Gasteiger partial charge >= 0.3 is 0 Å². The summed E-state index contributed by atoms with van der Waals surface area (Å²) in [5, 5.41) is 3.02. The van der Waals surface area contributed by atoms with Crippen LogP contribution in [0.3, 0.4) is 0 Å². The van der Waals surface area contributed by atoms with Gasteiger partial charge in [-0.15, -0.1) is 0 Å². The molecule has 0 unspecified atom stereocenters. The number of hydrogen-bond acceptors (Lipinski definition) is 3. The number of carbonyl (C=O) groups excluding carboxylic acids is 3. The Bertz CT molecular complexity index is 851. The van der Waals surface area contributed by atoms with Crippen molar-refractivity contribution in [3.05, 3.63) is 71.8 Å². The fraction of sp³-hybridized carbons (Fsp3) is 0.400. The summed E-state index contributed by atoms with van der Waals surface area (Å²) in [5.41, 5.74) is 7.16. The minimum atomic E-state index is -0.632. The van der Waals surface area contributed by atoms with Crippen LogP contribution in [0.25, 0.3) is 0 Å². The third-order valence-corrected chi connectivity index (χ3v) is 5.97. The van der Waals surface area contributed by atoms with E-state index in [0.29, 0.717) is 25.9 Å². The number of likely N-dealkylation sites (tertiary alicyclic amines) is 1. The number of nitrogens with one attached hydrogen (secondary N) is 1. The smallest absolute Gasteiger partial charge is 0.245 e. The Labute approximate surface area is 183 Å². The van der Waals surface area contributed by atoms with Gasteiger partial charge in [0, 0.05) is 19.0 Å². The van der Waals surface area contributed by atoms with Gasteiger partial charge in [-0.2, -0.15) is 0 Å². The Morgan fingerprint density at radius 2 is 1.39 bits per heavy atom. The van der Waals surface area contributed by atoms with Crippen molar-refractivity contribution < 1.29 is 14.4 Å². The second kappa shape index (κ2) is 10.2. The molecule has 0 aliphatic carbocycles. The van der Waals surface area contributed by atoms with E-state index < -0.39 is 12.0 Å². The lowest BCUT2D eigenvalue weighted by atomic mass is 9.89. The maximum Gasteiger partial charge on any atom is 0.245 e. The third kappa shape index (κ3) is 5.51. The lowest BCUT2D eigenvalue weighted by molar-refractivity contribution is -0.140. The molecular weight excluding hydrogens is 390 g/mol. The summed E-state index contributed by atoms with van der Waals surface area (Å²) in [5.74, 6) is -1.37. The molecule has 31 heavy (non-hydrogen) atoms. The Balaban J connectivity index is 1.78. The fourth-order valence-electron chi connectivity index (χ4n) is 4.12. The molecule has 1 atom stereocenters. The number of rotatable bonds is 7. The average molecular weight is 422 g/mol. The topological polar surface area (TPSA) is 92.5 Å². The van der Waals surface area contributed by atoms with Crippen molar-refractivity contribution in [3.63, 3.8) is 0 Å². The molecule has 6 heteroatoms. The maximum absolute atomic E-state index is 13.4. The Morgan fingerprint density at radius 3 is 1.81 bits per heavy atom. The monoisotopic (exact) mass is 421 g/mol. The van der Waals surface area contributed by atoms with E-state index in [1.165, 1.54) is 0 Å². The van der Waals surface area contributed by atoms with Gasteiger partial charge in [-0.05, 0) is 29.9 Å². The van der Waals surface area contributed by atoms with Crippen molar-refractivity contribution in [1.29, 1.82) is 0 Å². The molecule has 3 rings (SSSR count). The first-order valence-corrected chi connectivity index (χ1v) is 10.9. The number of nitrogens with two attached hydrogens (primary N) is 1. The number of benzene rings is 2. The van der Waals surface area contributed by atoms with Gasteiger partial charge in [-0.1, -0.05) is 74.5 Å². The standard InChI is InChI=1S/C25H31N3O3/c1-17(2)22(25(31)28-15-13-20(14-16-28)23(26)29)27-24(30)21(18-9-5-3-6-10-18)19-11-7-4-8-12-19/h3-12,17,20-22H,13-16H2,1-2H3,(H2,26,29)(H,27,30)/t22-/m1/s1. The van der Waals surface area contributed by atoms with E-state index in [4.69, 9.17) is 5.73 Å². The summed E-state index contributed by atoms with van der Waals surface area (Å²) in [4.78, 5) is 39.9. The van der Waals surface area contributed by atoms with Crippen molar-refractivity contribution in [1.82, 2.24) is 10.2 Å². The molecule has 1 aliphatic rings. The Kier molecular flexibility index (Phi) is 7.45. The maximum atomic E-state index is 13.4. The predicted molar refractivity (Wildman–Crippen MR) is 120 cm³/mol. The molecule has 2 aromatic rings. The molecule has 3 N–H and O–H groups in total. The van der Waals surface area contributed by atoms with Crippen LogP contribution in [-0.4, -0.2) is 41.8 Å². The van der Waals surface area contributed by atoms with Gasteiger partial charge in [0.15, 0.2) is 0 Å². The first-order valence-electron chi connectivity index (χ1n) is 10.9. The molecule has 0 aromatic heterocycles. The van der Waals surface area contributed by atoms with E-state index in [2.05, 4.69) is 5.32 Å². The number of carbonyl (C=O) groups is 3. The van der Waals surface area contributed by atoms with Crippen LogP contribution in [0.5, 0.6) is 0 Å². The molecule has 1 fully saturated rings. The van der Waals surface area contributed by atoms with Gasteiger partial charge in [0.2, 0.25) is 17.7 Å². The molecule has 164 valence electrons. The highest BCUT2D eigenvalue weighted by molar-refractivity contribution is 5.92. The van der Waals surface area contributed by atoms with Crippen LogP contribution in [-0.2, 0) is 14.4 Å². The van der Waals surface area contributed by atoms with Crippen molar-refractivity contribution in [2.75, 3.05) is 13.1 Å². The van der Waals surface area contributed by atoms with Gasteiger partial charge in [0.25, 0.3) is 0 Å². The first-order chi connectivity index (χ1) is 14.9. The molecule has 1 heterocycles. The zero-order valence-corrected chi connectivity index (χ0v) is 18.2. The number of piperidine rings is 1. The van der Waals surface area contributed by atoms with Crippen LogP contribution < -0.4 is 11.1 Å². The van der Waals surface area contributed by atoms with Gasteiger partial charge < -0.3 is 16.0 Å². The number of primary amides is 1. The summed E-state index contributed by atoms with van der Waals surface area (Å²) in [7, 11) is 0. The van der Waals surface area contributed by atoms with Gasteiger partial charge in [-0.3, -0.25) is 14.4 Å². The van der Waals surface area contributed by atoms with Gasteiger partial charge in [0.05, 0.1) is 5.92 Å². The highest BCUT2D eigenvalue weighted by Crippen LogP contribution is 2.26. The lowest BCUT2D eigenvalue weighted by Crippen LogP contribution is -2.54. The molecular formula is C25H31N3O3. The summed E-state index contributed by atoms with van der Waals surface area (Å²) >= 11 is 0. The molecule has 1 saturated heterocycles. The molecule has 0 saturated carbocycles. The van der Waals surface area contributed by atoms with Crippen molar-refractivity contribution in [2.24, 2.45) is 17.6 Å². The first kappa shape index (κ1) is 22.5. The zero-order valence-electron chi connectivity index (χ0n) is 18.2. The molecule has 0 spiro atoms. The quantitative estimate of drug-likeness (QED) is 0.720. The summed E-state index contributed by atoms with van der Waals surface area (Å²) < 4.78 is 0. The summed E-state index contributed by atoms with van der Waals surface area (Å²) in [6.07, 6.45) is 1.13. The normalized spacial score (nSPS) is 15.7. The Hall–Kier alpha value is -3.15. The van der Waals surface area contributed by atoms with Gasteiger partial charge in [-0.25, -0.2) is 0 Å². The van der Waals surface area contributed by atoms with Crippen molar-refractivity contribution in [2.45, 2.75) is 38.6 Å². The minimum absolute atomic E-state index is 0.0717. The highest BCUT2D eigenvalue weighted by Gasteiger charge is 2.34. The van der Waals surface area contributed by atoms with Gasteiger partial charge in [0.1, 0.15) is 6.04 Å². The minimum Gasteiger partial charge on any atom is -0.369 e. The molecule has 3 amide bonds. The van der Waals surface area contributed by atoms with E-state index in [1.54, 1.807) is 4.90 Å². The third-order valence-electron chi connectivity index (χ3n) is 5.97. The van der Waals surface area contributed by atoms with Crippen LogP contribution in [0, 0.1) is 11.8 Å². The van der Waals surface area contributed by atoms with Crippen molar-refractivity contribution >= 4 is 17.7 Å². The second-order valence-corrected chi connectivity index (χ2v) is 8.49. The van der Waals surface area contributed by atoms with Crippen LogP contribution in [0.1, 0.15) is 43.7 Å². The van der Waals surface area contributed by atoms with Crippen LogP contribution in [0.2, 0.25) is 0 Å². The van der Waals surface area contributed by atoms with E-state index in [9.17, 15) is 14.4 Å². The van der Waals surface area contributed by atoms with Crippen LogP contribution in [0.15, 0.2) is 60.7 Å². The SMILES string of the molecule is CC(C)[C@@H](NC(=O)C(c1ccccc1)c1ccccc1)C(=O)N1CCC(C(N)=O)CC1. The van der Waals surface area contributed by atoms with Crippen molar-refractivity contribution in [3.8, 4) is 0 Å². The van der Waals surface area contributed by atoms with E-state index in [1.807, 2.05) is 74.5 Å². The second-order valence-electron chi connectivity index (χ2n) is 8.49. The fourth-order valence-corrected chi connectivity index (χ4v) is 4.12. The molecule has 6 nitrogen and oxygen atoms in total. The van der Waals surface area contributed by atoms with E-state index in [0.717, 1.165) is 11.1 Å². The van der Waals surface area contributed by atoms with E-state index >= 15 is 0 Å². The molecule has 2 aromatic carbocycles. The highest BCUT2D eigenvalue weighted by atomic mass is 16.2. The largest absolute Gasteiger partial charge is 0.369 e. The Morgan fingerprint density at radius 1 is 0.903 bits per heavy atom. The zero-order chi connectivity index (χ0) is 22.4. The molecule has 0 radical (unpaired) electrons. The lowest BCUT2D eigenvalue weighted by Gasteiger charge is -2.35. The van der Waals surface area contributed by atoms with E-state index in [-0.39, 0.29) is 29.6 Å². The molecule has 0 bridgehead atoms. The summed E-state index contributed by atoms with van der Waals surface area (Å²) in [6.45, 7) is 4.82. The number of amides is 3. The summed E-state index contributed by atoms with van der Waals surface area (Å²) in [6, 6.07) is 18.6. The number of nitrogens with zero attached hydrogens (tertiary/aromatic N) is 1. The number of hydrogen-bond donors (Lipinski definition) is 2. The van der Waals surface area contributed by atoms with Crippen LogP contribution in [0.4, 0.5) is 0 Å².